The lowest BCUT2D eigenvalue weighted by Gasteiger charge is -2.29. The molecule has 112 valence electrons. The molecule has 1 aromatic carbocycles. The van der Waals surface area contributed by atoms with Gasteiger partial charge in [-0.15, -0.1) is 0 Å². The van der Waals surface area contributed by atoms with Crippen molar-refractivity contribution in [3.63, 3.8) is 0 Å². The van der Waals surface area contributed by atoms with E-state index in [0.717, 1.165) is 38.4 Å². The van der Waals surface area contributed by atoms with Crippen LogP contribution in [0.4, 0.5) is 0 Å². The van der Waals surface area contributed by atoms with Crippen LogP contribution in [0.5, 0.6) is 0 Å². The molecule has 2 heterocycles. The van der Waals surface area contributed by atoms with Crippen LogP contribution >= 0.6 is 0 Å². The molecule has 0 aliphatic carbocycles. The Bertz CT molecular complexity index is 525. The Kier molecular flexibility index (Phi) is 4.73. The quantitative estimate of drug-likeness (QED) is 0.934. The van der Waals surface area contributed by atoms with Crippen LogP contribution in [-0.2, 0) is 6.42 Å². The zero-order valence-electron chi connectivity index (χ0n) is 12.7. The van der Waals surface area contributed by atoms with E-state index in [0.29, 0.717) is 0 Å². The maximum Gasteiger partial charge on any atom is 0.125 e. The fourth-order valence-corrected chi connectivity index (χ4v) is 3.06. The van der Waals surface area contributed by atoms with Crippen molar-refractivity contribution in [2.45, 2.75) is 25.8 Å². The van der Waals surface area contributed by atoms with E-state index in [2.05, 4.69) is 47.5 Å². The third-order valence-electron chi connectivity index (χ3n) is 4.26. The molecule has 1 aromatic heterocycles. The van der Waals surface area contributed by atoms with Crippen LogP contribution in [-0.4, -0.2) is 31.1 Å². The van der Waals surface area contributed by atoms with E-state index in [9.17, 15) is 0 Å². The van der Waals surface area contributed by atoms with Gasteiger partial charge in [0, 0.05) is 19.6 Å². The van der Waals surface area contributed by atoms with Gasteiger partial charge in [-0.05, 0) is 42.6 Å². The minimum Gasteiger partial charge on any atom is -0.467 e. The summed E-state index contributed by atoms with van der Waals surface area (Å²) < 4.78 is 5.74. The van der Waals surface area contributed by atoms with Gasteiger partial charge in [-0.1, -0.05) is 31.2 Å². The standard InChI is InChI=1S/C18H24N2O/c1-2-15-6-8-16(9-7-15)18(17-5-3-14-21-17)20-12-4-10-19-11-13-20/h3,5-9,14,18-19H,2,4,10-13H2,1H3. The van der Waals surface area contributed by atoms with E-state index in [1.807, 2.05) is 6.07 Å². The van der Waals surface area contributed by atoms with Gasteiger partial charge in [0.2, 0.25) is 0 Å². The largest absolute Gasteiger partial charge is 0.467 e. The number of furan rings is 1. The van der Waals surface area contributed by atoms with Crippen molar-refractivity contribution in [3.8, 4) is 0 Å². The van der Waals surface area contributed by atoms with Gasteiger partial charge < -0.3 is 9.73 Å². The first-order chi connectivity index (χ1) is 10.4. The molecular weight excluding hydrogens is 260 g/mol. The summed E-state index contributed by atoms with van der Waals surface area (Å²) in [5.41, 5.74) is 2.71. The van der Waals surface area contributed by atoms with E-state index in [1.54, 1.807) is 6.26 Å². The maximum absolute atomic E-state index is 5.74. The topological polar surface area (TPSA) is 28.4 Å². The lowest BCUT2D eigenvalue weighted by atomic mass is 10.00. The molecule has 0 bridgehead atoms. The summed E-state index contributed by atoms with van der Waals surface area (Å²) in [6, 6.07) is 13.3. The van der Waals surface area contributed by atoms with Crippen LogP contribution in [0.3, 0.4) is 0 Å². The summed E-state index contributed by atoms with van der Waals surface area (Å²) in [4.78, 5) is 2.53. The first kappa shape index (κ1) is 14.4. The van der Waals surface area contributed by atoms with E-state index >= 15 is 0 Å². The average molecular weight is 284 g/mol. The first-order valence-electron chi connectivity index (χ1n) is 7.95. The number of benzene rings is 1. The van der Waals surface area contributed by atoms with Gasteiger partial charge in [-0.3, -0.25) is 4.90 Å². The summed E-state index contributed by atoms with van der Waals surface area (Å²) in [7, 11) is 0. The zero-order chi connectivity index (χ0) is 14.5. The van der Waals surface area contributed by atoms with Crippen LogP contribution in [0.2, 0.25) is 0 Å². The molecule has 3 nitrogen and oxygen atoms in total. The third-order valence-corrected chi connectivity index (χ3v) is 4.26. The Morgan fingerprint density at radius 2 is 2.00 bits per heavy atom. The molecule has 0 saturated carbocycles. The number of hydrogen-bond acceptors (Lipinski definition) is 3. The Morgan fingerprint density at radius 3 is 2.71 bits per heavy atom. The zero-order valence-corrected chi connectivity index (χ0v) is 12.7. The average Bonchev–Trinajstić information content (AvgIpc) is 2.91. The highest BCUT2D eigenvalue weighted by atomic mass is 16.3. The first-order valence-corrected chi connectivity index (χ1v) is 7.95. The molecule has 3 heteroatoms. The number of hydrogen-bond donors (Lipinski definition) is 1. The molecular formula is C18H24N2O. The molecule has 1 atom stereocenters. The lowest BCUT2D eigenvalue weighted by molar-refractivity contribution is 0.216. The second-order valence-corrected chi connectivity index (χ2v) is 5.65. The fourth-order valence-electron chi connectivity index (χ4n) is 3.06. The summed E-state index contributed by atoms with van der Waals surface area (Å²) >= 11 is 0. The maximum atomic E-state index is 5.74. The Labute approximate surface area is 127 Å². The molecule has 21 heavy (non-hydrogen) atoms. The van der Waals surface area contributed by atoms with E-state index in [4.69, 9.17) is 4.42 Å². The highest BCUT2D eigenvalue weighted by Crippen LogP contribution is 2.29. The Morgan fingerprint density at radius 1 is 1.14 bits per heavy atom. The predicted octanol–water partition coefficient (Wildman–Crippen LogP) is 3.23. The van der Waals surface area contributed by atoms with Crippen molar-refractivity contribution in [3.05, 3.63) is 59.5 Å². The predicted molar refractivity (Wildman–Crippen MR) is 85.4 cm³/mol. The molecule has 1 N–H and O–H groups in total. The van der Waals surface area contributed by atoms with Crippen LogP contribution in [0, 0.1) is 0 Å². The van der Waals surface area contributed by atoms with Crippen molar-refractivity contribution in [2.75, 3.05) is 26.2 Å². The summed E-state index contributed by atoms with van der Waals surface area (Å²) in [5.74, 6) is 1.04. The van der Waals surface area contributed by atoms with Crippen molar-refractivity contribution in [1.29, 1.82) is 0 Å². The van der Waals surface area contributed by atoms with Crippen molar-refractivity contribution in [1.82, 2.24) is 10.2 Å². The summed E-state index contributed by atoms with van der Waals surface area (Å²) in [6.45, 7) is 6.51. The molecule has 0 spiro atoms. The molecule has 1 fully saturated rings. The molecule has 1 unspecified atom stereocenters. The van der Waals surface area contributed by atoms with Crippen molar-refractivity contribution < 1.29 is 4.42 Å². The number of nitrogens with zero attached hydrogens (tertiary/aromatic N) is 1. The van der Waals surface area contributed by atoms with Gasteiger partial charge in [0.25, 0.3) is 0 Å². The van der Waals surface area contributed by atoms with Gasteiger partial charge in [-0.25, -0.2) is 0 Å². The normalized spacial score (nSPS) is 18.3. The molecule has 1 saturated heterocycles. The highest BCUT2D eigenvalue weighted by molar-refractivity contribution is 5.30. The SMILES string of the molecule is CCc1ccc(C(c2ccco2)N2CCCNCC2)cc1. The Balaban J connectivity index is 1.91. The smallest absolute Gasteiger partial charge is 0.125 e. The van der Waals surface area contributed by atoms with E-state index < -0.39 is 0 Å². The summed E-state index contributed by atoms with van der Waals surface area (Å²) in [5, 5.41) is 3.47. The molecule has 0 radical (unpaired) electrons. The van der Waals surface area contributed by atoms with Crippen molar-refractivity contribution in [2.24, 2.45) is 0 Å². The van der Waals surface area contributed by atoms with Crippen LogP contribution in [0.25, 0.3) is 0 Å². The molecule has 1 aliphatic heterocycles. The fraction of sp³-hybridized carbons (Fsp3) is 0.444. The second-order valence-electron chi connectivity index (χ2n) is 5.65. The molecule has 1 aliphatic rings. The van der Waals surface area contributed by atoms with Gasteiger partial charge in [-0.2, -0.15) is 0 Å². The molecule has 2 aromatic rings. The lowest BCUT2D eigenvalue weighted by Crippen LogP contribution is -2.32. The van der Waals surface area contributed by atoms with E-state index in [1.165, 1.54) is 17.5 Å². The number of rotatable bonds is 4. The molecule has 0 amide bonds. The van der Waals surface area contributed by atoms with Crippen LogP contribution in [0.1, 0.15) is 36.3 Å². The van der Waals surface area contributed by atoms with Gasteiger partial charge in [0.1, 0.15) is 5.76 Å². The number of aryl methyl sites for hydroxylation is 1. The monoisotopic (exact) mass is 284 g/mol. The highest BCUT2D eigenvalue weighted by Gasteiger charge is 2.25. The number of nitrogens with one attached hydrogen (secondary N) is 1. The second kappa shape index (κ2) is 6.92. The molecule has 3 rings (SSSR count). The van der Waals surface area contributed by atoms with Crippen LogP contribution < -0.4 is 5.32 Å². The minimum atomic E-state index is 0.228. The van der Waals surface area contributed by atoms with Gasteiger partial charge in [0.15, 0.2) is 0 Å². The van der Waals surface area contributed by atoms with Crippen molar-refractivity contribution >= 4 is 0 Å². The van der Waals surface area contributed by atoms with Gasteiger partial charge >= 0.3 is 0 Å². The Hall–Kier alpha value is -1.58. The van der Waals surface area contributed by atoms with Gasteiger partial charge in [0.05, 0.1) is 12.3 Å². The third kappa shape index (κ3) is 3.36. The van der Waals surface area contributed by atoms with Crippen LogP contribution in [0.15, 0.2) is 47.1 Å². The summed E-state index contributed by atoms with van der Waals surface area (Å²) in [6.07, 6.45) is 4.04. The van der Waals surface area contributed by atoms with E-state index in [-0.39, 0.29) is 6.04 Å². The minimum absolute atomic E-state index is 0.228.